The number of hydrogen-bond donors (Lipinski definition) is 2. The molecular formula is C41H53N3O2S. The lowest BCUT2D eigenvalue weighted by molar-refractivity contribution is -0.144. The Hall–Kier alpha value is -3.90. The lowest BCUT2D eigenvalue weighted by atomic mass is 9.82. The van der Waals surface area contributed by atoms with E-state index in [4.69, 9.17) is 4.74 Å². The topological polar surface area (TPSA) is 44.8 Å². The van der Waals surface area contributed by atoms with Crippen LogP contribution < -0.4 is 15.1 Å². The maximum atomic E-state index is 12.1. The predicted octanol–water partition coefficient (Wildman–Crippen LogP) is 9.71. The summed E-state index contributed by atoms with van der Waals surface area (Å²) >= 11 is 3.53. The Morgan fingerprint density at radius 3 is 1.81 bits per heavy atom. The van der Waals surface area contributed by atoms with Crippen molar-refractivity contribution in [2.75, 3.05) is 47.6 Å². The summed E-state index contributed by atoms with van der Waals surface area (Å²) in [5, 5.41) is 6.20. The first-order valence-electron chi connectivity index (χ1n) is 17.3. The summed E-state index contributed by atoms with van der Waals surface area (Å²) in [5.74, 6) is -0.285. The van der Waals surface area contributed by atoms with Gasteiger partial charge in [0.1, 0.15) is 6.10 Å². The van der Waals surface area contributed by atoms with Gasteiger partial charge < -0.3 is 19.9 Å². The highest BCUT2D eigenvalue weighted by atomic mass is 32.1. The first kappa shape index (κ1) is 35.9. The Morgan fingerprint density at radius 1 is 0.787 bits per heavy atom. The van der Waals surface area contributed by atoms with Crippen molar-refractivity contribution in [2.24, 2.45) is 0 Å². The average Bonchev–Trinajstić information content (AvgIpc) is 3.13. The molecule has 1 aliphatic carbocycles. The van der Waals surface area contributed by atoms with Crippen molar-refractivity contribution in [3.05, 3.63) is 114 Å². The molecule has 2 unspecified atom stereocenters. The molecule has 0 bridgehead atoms. The standard InChI is InChI=1S/C40H49N3O2.CH4S/c1-6-39(44)45-38-18-14-13-17-37(38)41-36-28-27-35(33-15-11-12-16-34(33)36)40(29-19-23-31(24-20-29)42(7-2)8-3)30-21-25-32(26-22-30)43(9-4)10-5;1-2/h6,11-12,15-16,19-28,37-38,40-41H,1,7-10,13-14,17-18H2,2-5H3;2H,1H3. The maximum absolute atomic E-state index is 12.1. The Bertz CT molecular complexity index is 1510. The van der Waals surface area contributed by atoms with Crippen LogP contribution in [0.15, 0.2) is 97.6 Å². The fourth-order valence-electron chi connectivity index (χ4n) is 6.98. The third kappa shape index (κ3) is 8.53. The SMILES string of the molecule is C=CC(=O)OC1CCCCC1Nc1ccc(C(c2ccc(N(CC)CC)cc2)c2ccc(N(CC)CC)cc2)c2ccccc12.CS. The number of esters is 1. The number of anilines is 3. The van der Waals surface area contributed by atoms with Gasteiger partial charge in [-0.2, -0.15) is 12.6 Å². The fourth-order valence-corrected chi connectivity index (χ4v) is 6.98. The van der Waals surface area contributed by atoms with Crippen LogP contribution in [0, 0.1) is 0 Å². The van der Waals surface area contributed by atoms with Gasteiger partial charge in [0.05, 0.1) is 6.04 Å². The Kier molecular flexibility index (Phi) is 13.7. The van der Waals surface area contributed by atoms with E-state index < -0.39 is 0 Å². The lowest BCUT2D eigenvalue weighted by Gasteiger charge is -2.33. The minimum Gasteiger partial charge on any atom is -0.457 e. The number of nitrogens with zero attached hydrogens (tertiary/aromatic N) is 2. The van der Waals surface area contributed by atoms with Crippen molar-refractivity contribution in [2.45, 2.75) is 71.4 Å². The van der Waals surface area contributed by atoms with Gasteiger partial charge in [0.2, 0.25) is 0 Å². The molecule has 250 valence electrons. The van der Waals surface area contributed by atoms with Crippen LogP contribution in [-0.2, 0) is 9.53 Å². The fraction of sp³-hybridized carbons (Fsp3) is 0.390. The van der Waals surface area contributed by atoms with E-state index in [-0.39, 0.29) is 24.0 Å². The highest BCUT2D eigenvalue weighted by Gasteiger charge is 2.29. The van der Waals surface area contributed by atoms with E-state index in [1.54, 1.807) is 6.26 Å². The summed E-state index contributed by atoms with van der Waals surface area (Å²) < 4.78 is 5.77. The van der Waals surface area contributed by atoms with Gasteiger partial charge in [0, 0.05) is 60.6 Å². The van der Waals surface area contributed by atoms with Crippen molar-refractivity contribution in [3.8, 4) is 0 Å². The van der Waals surface area contributed by atoms with Crippen molar-refractivity contribution in [1.29, 1.82) is 0 Å². The minimum atomic E-state index is -0.351. The quantitative estimate of drug-likeness (QED) is 0.0652. The molecule has 4 aromatic carbocycles. The Balaban J connectivity index is 0.00000245. The second-order valence-electron chi connectivity index (χ2n) is 11.9. The predicted molar refractivity (Wildman–Crippen MR) is 206 cm³/mol. The second-order valence-corrected chi connectivity index (χ2v) is 11.9. The number of benzene rings is 4. The van der Waals surface area contributed by atoms with Gasteiger partial charge >= 0.3 is 5.97 Å². The average molecular weight is 652 g/mol. The van der Waals surface area contributed by atoms with E-state index in [1.807, 2.05) is 0 Å². The molecule has 0 amide bonds. The molecule has 6 heteroatoms. The van der Waals surface area contributed by atoms with Crippen molar-refractivity contribution in [1.82, 2.24) is 0 Å². The van der Waals surface area contributed by atoms with Crippen molar-refractivity contribution >= 4 is 46.4 Å². The summed E-state index contributed by atoms with van der Waals surface area (Å²) in [6, 6.07) is 31.6. The molecule has 2 atom stereocenters. The maximum Gasteiger partial charge on any atom is 0.330 e. The van der Waals surface area contributed by atoms with E-state index in [9.17, 15) is 4.79 Å². The highest BCUT2D eigenvalue weighted by Crippen LogP contribution is 2.40. The molecule has 0 saturated heterocycles. The molecule has 1 saturated carbocycles. The molecule has 0 heterocycles. The Morgan fingerprint density at radius 2 is 1.30 bits per heavy atom. The number of fused-ring (bicyclic) bond motifs is 1. The van der Waals surface area contributed by atoms with E-state index in [2.05, 4.69) is 147 Å². The first-order chi connectivity index (χ1) is 23.0. The Labute approximate surface area is 288 Å². The van der Waals surface area contributed by atoms with Gasteiger partial charge in [0.25, 0.3) is 0 Å². The second kappa shape index (κ2) is 17.9. The van der Waals surface area contributed by atoms with E-state index >= 15 is 0 Å². The minimum absolute atomic E-state index is 0.0629. The number of ether oxygens (including phenoxy) is 1. The number of carbonyl (C=O) groups excluding carboxylic acids is 1. The molecule has 1 N–H and O–H groups in total. The van der Waals surface area contributed by atoms with Crippen molar-refractivity contribution < 1.29 is 9.53 Å². The van der Waals surface area contributed by atoms with Crippen LogP contribution in [0.5, 0.6) is 0 Å². The lowest BCUT2D eigenvalue weighted by Crippen LogP contribution is -2.39. The summed E-state index contributed by atoms with van der Waals surface area (Å²) in [6.07, 6.45) is 6.80. The van der Waals surface area contributed by atoms with E-state index in [0.717, 1.165) is 57.5 Å². The van der Waals surface area contributed by atoms with Gasteiger partial charge in [-0.05, 0) is 106 Å². The number of nitrogens with one attached hydrogen (secondary N) is 1. The van der Waals surface area contributed by atoms with Gasteiger partial charge in [-0.15, -0.1) is 0 Å². The van der Waals surface area contributed by atoms with Crippen LogP contribution in [-0.4, -0.2) is 50.5 Å². The first-order valence-corrected chi connectivity index (χ1v) is 18.2. The summed E-state index contributed by atoms with van der Waals surface area (Å²) in [4.78, 5) is 16.9. The van der Waals surface area contributed by atoms with Gasteiger partial charge in [0.15, 0.2) is 0 Å². The molecule has 0 spiro atoms. The number of hydrogen-bond acceptors (Lipinski definition) is 6. The van der Waals surface area contributed by atoms with Crippen LogP contribution in [0.3, 0.4) is 0 Å². The summed E-state index contributed by atoms with van der Waals surface area (Å²) in [5.41, 5.74) is 7.41. The molecule has 0 aliphatic heterocycles. The van der Waals surface area contributed by atoms with Gasteiger partial charge in [-0.3, -0.25) is 0 Å². The van der Waals surface area contributed by atoms with Crippen LogP contribution in [0.2, 0.25) is 0 Å². The highest BCUT2D eigenvalue weighted by molar-refractivity contribution is 7.79. The molecular weight excluding hydrogens is 599 g/mol. The van der Waals surface area contributed by atoms with Crippen molar-refractivity contribution in [3.63, 3.8) is 0 Å². The summed E-state index contributed by atoms with van der Waals surface area (Å²) in [6.45, 7) is 16.4. The molecule has 0 radical (unpaired) electrons. The molecule has 5 nitrogen and oxygen atoms in total. The number of carbonyl (C=O) groups is 1. The smallest absolute Gasteiger partial charge is 0.330 e. The van der Waals surface area contributed by atoms with Gasteiger partial charge in [-0.25, -0.2) is 4.79 Å². The third-order valence-corrected chi connectivity index (χ3v) is 9.46. The largest absolute Gasteiger partial charge is 0.457 e. The molecule has 1 fully saturated rings. The molecule has 1 aliphatic rings. The third-order valence-electron chi connectivity index (χ3n) is 9.46. The zero-order chi connectivity index (χ0) is 33.8. The molecule has 5 rings (SSSR count). The molecule has 0 aromatic heterocycles. The van der Waals surface area contributed by atoms with E-state index in [0.29, 0.717) is 0 Å². The van der Waals surface area contributed by atoms with Crippen LogP contribution in [0.4, 0.5) is 17.1 Å². The zero-order valence-electron chi connectivity index (χ0n) is 28.9. The number of thiol groups is 1. The van der Waals surface area contributed by atoms with E-state index in [1.165, 1.54) is 44.9 Å². The molecule has 47 heavy (non-hydrogen) atoms. The van der Waals surface area contributed by atoms with Crippen LogP contribution in [0.1, 0.15) is 76.0 Å². The monoisotopic (exact) mass is 651 g/mol. The van der Waals surface area contributed by atoms with Crippen LogP contribution >= 0.6 is 12.6 Å². The van der Waals surface area contributed by atoms with Gasteiger partial charge in [-0.1, -0.05) is 67.6 Å². The normalized spacial score (nSPS) is 15.8. The summed E-state index contributed by atoms with van der Waals surface area (Å²) in [7, 11) is 0. The molecule has 4 aromatic rings. The van der Waals surface area contributed by atoms with Crippen LogP contribution in [0.25, 0.3) is 10.8 Å². The zero-order valence-corrected chi connectivity index (χ0v) is 29.8. The number of rotatable bonds is 13.